The number of aryl methyl sites for hydroxylation is 2. The molecule has 0 saturated carbocycles. The summed E-state index contributed by atoms with van der Waals surface area (Å²) in [6.45, 7) is 9.98. The number of rotatable bonds is 5. The highest BCUT2D eigenvalue weighted by Crippen LogP contribution is 2.30. The molecule has 22 heavy (non-hydrogen) atoms. The van der Waals surface area contributed by atoms with Crippen LogP contribution in [0.5, 0.6) is 5.75 Å². The lowest BCUT2D eigenvalue weighted by Crippen LogP contribution is -2.46. The normalized spacial score (nSPS) is 16.5. The van der Waals surface area contributed by atoms with Crippen molar-refractivity contribution in [3.63, 3.8) is 0 Å². The monoisotopic (exact) mass is 304 g/mol. The fourth-order valence-corrected chi connectivity index (χ4v) is 3.39. The highest BCUT2D eigenvalue weighted by molar-refractivity contribution is 5.76. The van der Waals surface area contributed by atoms with Gasteiger partial charge in [0.2, 0.25) is 5.91 Å². The first kappa shape index (κ1) is 16.8. The van der Waals surface area contributed by atoms with Crippen LogP contribution in [0.15, 0.2) is 12.1 Å². The standard InChI is InChI=1S/C18H28N2O2/c1-13(5-6-17(21)20-9-7-19-8-10-20)18-14(2)11-16(22-4)12-15(18)3/h11-13,19H,5-10H2,1-4H3. The van der Waals surface area contributed by atoms with Gasteiger partial charge in [0.1, 0.15) is 5.75 Å². The lowest BCUT2D eigenvalue weighted by molar-refractivity contribution is -0.131. The number of benzene rings is 1. The van der Waals surface area contributed by atoms with Crippen LogP contribution in [0.25, 0.3) is 0 Å². The maximum absolute atomic E-state index is 12.3. The molecule has 0 radical (unpaired) electrons. The first-order chi connectivity index (χ1) is 10.5. The highest BCUT2D eigenvalue weighted by Gasteiger charge is 2.19. The molecule has 0 aromatic heterocycles. The Bertz CT molecular complexity index is 499. The largest absolute Gasteiger partial charge is 0.497 e. The zero-order valence-electron chi connectivity index (χ0n) is 14.2. The fourth-order valence-electron chi connectivity index (χ4n) is 3.39. The zero-order chi connectivity index (χ0) is 16.1. The summed E-state index contributed by atoms with van der Waals surface area (Å²) in [5.74, 6) is 1.58. The molecule has 4 nitrogen and oxygen atoms in total. The Morgan fingerprint density at radius 3 is 2.41 bits per heavy atom. The second-order valence-electron chi connectivity index (χ2n) is 6.25. The quantitative estimate of drug-likeness (QED) is 0.909. The Kier molecular flexibility index (Phi) is 5.83. The van der Waals surface area contributed by atoms with Crippen LogP contribution in [0.1, 0.15) is 42.4 Å². The number of carbonyl (C=O) groups excluding carboxylic acids is 1. The molecule has 1 N–H and O–H groups in total. The third kappa shape index (κ3) is 4.01. The smallest absolute Gasteiger partial charge is 0.222 e. The van der Waals surface area contributed by atoms with Crippen LogP contribution in [-0.4, -0.2) is 44.1 Å². The van der Waals surface area contributed by atoms with E-state index in [1.807, 2.05) is 4.90 Å². The summed E-state index contributed by atoms with van der Waals surface area (Å²) in [4.78, 5) is 14.3. The van der Waals surface area contributed by atoms with E-state index in [1.165, 1.54) is 16.7 Å². The predicted molar refractivity (Wildman–Crippen MR) is 89.6 cm³/mol. The lowest BCUT2D eigenvalue weighted by Gasteiger charge is -2.28. The summed E-state index contributed by atoms with van der Waals surface area (Å²) in [7, 11) is 1.70. The summed E-state index contributed by atoms with van der Waals surface area (Å²) < 4.78 is 5.32. The lowest BCUT2D eigenvalue weighted by atomic mass is 9.88. The molecule has 0 aliphatic carbocycles. The van der Waals surface area contributed by atoms with Crippen molar-refractivity contribution in [3.05, 3.63) is 28.8 Å². The summed E-state index contributed by atoms with van der Waals surface area (Å²) in [5.41, 5.74) is 3.85. The molecule has 4 heteroatoms. The van der Waals surface area contributed by atoms with Gasteiger partial charge >= 0.3 is 0 Å². The maximum Gasteiger partial charge on any atom is 0.222 e. The number of hydrogen-bond acceptors (Lipinski definition) is 3. The first-order valence-electron chi connectivity index (χ1n) is 8.16. The molecule has 1 aliphatic rings. The molecule has 1 atom stereocenters. The van der Waals surface area contributed by atoms with Crippen molar-refractivity contribution < 1.29 is 9.53 Å². The van der Waals surface area contributed by atoms with Crippen molar-refractivity contribution in [2.75, 3.05) is 33.3 Å². The van der Waals surface area contributed by atoms with E-state index in [0.717, 1.165) is 38.3 Å². The van der Waals surface area contributed by atoms with Gasteiger partial charge in [0.15, 0.2) is 0 Å². The summed E-state index contributed by atoms with van der Waals surface area (Å²) >= 11 is 0. The van der Waals surface area contributed by atoms with Crippen LogP contribution >= 0.6 is 0 Å². The van der Waals surface area contributed by atoms with Crippen molar-refractivity contribution in [2.24, 2.45) is 0 Å². The average Bonchev–Trinajstić information content (AvgIpc) is 2.52. The molecule has 1 fully saturated rings. The number of hydrogen-bond donors (Lipinski definition) is 1. The molecule has 122 valence electrons. The topological polar surface area (TPSA) is 41.6 Å². The first-order valence-corrected chi connectivity index (χ1v) is 8.16. The predicted octanol–water partition coefficient (Wildman–Crippen LogP) is 2.63. The molecular formula is C18H28N2O2. The molecule has 1 aromatic carbocycles. The molecule has 0 bridgehead atoms. The van der Waals surface area contributed by atoms with Gasteiger partial charge in [-0.2, -0.15) is 0 Å². The van der Waals surface area contributed by atoms with E-state index in [0.29, 0.717) is 12.3 Å². The van der Waals surface area contributed by atoms with Gasteiger partial charge in [-0.1, -0.05) is 6.92 Å². The van der Waals surface area contributed by atoms with E-state index in [4.69, 9.17) is 4.74 Å². The molecule has 1 aliphatic heterocycles. The SMILES string of the molecule is COc1cc(C)c(C(C)CCC(=O)N2CCNCC2)c(C)c1. The van der Waals surface area contributed by atoms with E-state index < -0.39 is 0 Å². The van der Waals surface area contributed by atoms with Crippen LogP contribution in [0.4, 0.5) is 0 Å². The number of carbonyl (C=O) groups is 1. The van der Waals surface area contributed by atoms with Gasteiger partial charge in [0, 0.05) is 32.6 Å². The molecule has 0 spiro atoms. The Morgan fingerprint density at radius 1 is 1.27 bits per heavy atom. The van der Waals surface area contributed by atoms with E-state index in [9.17, 15) is 4.79 Å². The Hall–Kier alpha value is -1.55. The Labute approximate surface area is 133 Å². The van der Waals surface area contributed by atoms with E-state index in [-0.39, 0.29) is 5.91 Å². The molecular weight excluding hydrogens is 276 g/mol. The molecule has 1 amide bonds. The van der Waals surface area contributed by atoms with Gasteiger partial charge in [-0.05, 0) is 55.0 Å². The summed E-state index contributed by atoms with van der Waals surface area (Å²) in [6, 6.07) is 4.16. The number of nitrogens with one attached hydrogen (secondary N) is 1. The fraction of sp³-hybridized carbons (Fsp3) is 0.611. The maximum atomic E-state index is 12.3. The van der Waals surface area contributed by atoms with Crippen molar-refractivity contribution in [2.45, 2.75) is 39.5 Å². The second-order valence-corrected chi connectivity index (χ2v) is 6.25. The van der Waals surface area contributed by atoms with Gasteiger partial charge in [0.05, 0.1) is 7.11 Å². The minimum absolute atomic E-state index is 0.289. The van der Waals surface area contributed by atoms with Gasteiger partial charge in [-0.25, -0.2) is 0 Å². The van der Waals surface area contributed by atoms with Crippen molar-refractivity contribution in [3.8, 4) is 5.75 Å². The van der Waals surface area contributed by atoms with Crippen molar-refractivity contribution in [1.82, 2.24) is 10.2 Å². The second kappa shape index (κ2) is 7.63. The number of amides is 1. The third-order valence-electron chi connectivity index (χ3n) is 4.56. The van der Waals surface area contributed by atoms with Crippen molar-refractivity contribution >= 4 is 5.91 Å². The summed E-state index contributed by atoms with van der Waals surface area (Å²) in [6.07, 6.45) is 1.53. The molecule has 1 heterocycles. The van der Waals surface area contributed by atoms with Crippen LogP contribution in [-0.2, 0) is 4.79 Å². The number of ether oxygens (including phenoxy) is 1. The van der Waals surface area contributed by atoms with Crippen LogP contribution in [0, 0.1) is 13.8 Å². The molecule has 2 rings (SSSR count). The minimum Gasteiger partial charge on any atom is -0.497 e. The van der Waals surface area contributed by atoms with Crippen LogP contribution in [0.2, 0.25) is 0 Å². The molecule has 1 saturated heterocycles. The van der Waals surface area contributed by atoms with Crippen LogP contribution < -0.4 is 10.1 Å². The number of methoxy groups -OCH3 is 1. The van der Waals surface area contributed by atoms with Crippen molar-refractivity contribution in [1.29, 1.82) is 0 Å². The third-order valence-corrected chi connectivity index (χ3v) is 4.56. The minimum atomic E-state index is 0.289. The Balaban J connectivity index is 1.97. The highest BCUT2D eigenvalue weighted by atomic mass is 16.5. The van der Waals surface area contributed by atoms with Gasteiger partial charge in [-0.3, -0.25) is 4.79 Å². The van der Waals surface area contributed by atoms with E-state index >= 15 is 0 Å². The van der Waals surface area contributed by atoms with Gasteiger partial charge < -0.3 is 15.0 Å². The Morgan fingerprint density at radius 2 is 1.86 bits per heavy atom. The number of piperazine rings is 1. The zero-order valence-corrected chi connectivity index (χ0v) is 14.2. The van der Waals surface area contributed by atoms with E-state index in [2.05, 4.69) is 38.2 Å². The average molecular weight is 304 g/mol. The molecule has 1 unspecified atom stereocenters. The summed E-state index contributed by atoms with van der Waals surface area (Å²) in [5, 5.41) is 3.28. The van der Waals surface area contributed by atoms with Gasteiger partial charge in [0.25, 0.3) is 0 Å². The molecule has 1 aromatic rings. The number of nitrogens with zero attached hydrogens (tertiary/aromatic N) is 1. The van der Waals surface area contributed by atoms with Crippen LogP contribution in [0.3, 0.4) is 0 Å². The van der Waals surface area contributed by atoms with Gasteiger partial charge in [-0.15, -0.1) is 0 Å². The van der Waals surface area contributed by atoms with E-state index in [1.54, 1.807) is 7.11 Å².